The Morgan fingerprint density at radius 2 is 2.03 bits per heavy atom. The summed E-state index contributed by atoms with van der Waals surface area (Å²) in [6.45, 7) is 4.73. The molecule has 2 aliphatic rings. The third-order valence-corrected chi connectivity index (χ3v) is 6.43. The molecule has 3 heterocycles. The van der Waals surface area contributed by atoms with Crippen LogP contribution in [0.15, 0.2) is 72.6 Å². The molecule has 3 aromatic rings. The molecule has 0 aliphatic carbocycles. The molecule has 7 nitrogen and oxygen atoms in total. The van der Waals surface area contributed by atoms with Gasteiger partial charge in [0, 0.05) is 30.9 Å². The molecule has 36 heavy (non-hydrogen) atoms. The van der Waals surface area contributed by atoms with Gasteiger partial charge in [-0.2, -0.15) is 0 Å². The van der Waals surface area contributed by atoms with Crippen molar-refractivity contribution in [3.63, 3.8) is 0 Å². The predicted octanol–water partition coefficient (Wildman–Crippen LogP) is 4.82. The van der Waals surface area contributed by atoms with Crippen LogP contribution < -0.4 is 9.47 Å². The lowest BCUT2D eigenvalue weighted by atomic mass is 9.94. The quantitative estimate of drug-likeness (QED) is 0.294. The number of aromatic nitrogens is 1. The number of ether oxygens (including phenoxy) is 2. The average Bonchev–Trinajstić information content (AvgIpc) is 3.39. The van der Waals surface area contributed by atoms with E-state index < -0.39 is 17.7 Å². The lowest BCUT2D eigenvalue weighted by Gasteiger charge is -2.25. The van der Waals surface area contributed by atoms with Crippen molar-refractivity contribution in [2.45, 2.75) is 45.4 Å². The number of pyridine rings is 1. The first-order valence-electron chi connectivity index (χ1n) is 12.2. The first-order valence-corrected chi connectivity index (χ1v) is 12.2. The van der Waals surface area contributed by atoms with Gasteiger partial charge in [0.25, 0.3) is 11.7 Å². The van der Waals surface area contributed by atoms with Crippen molar-refractivity contribution in [2.24, 2.45) is 0 Å². The van der Waals surface area contributed by atoms with Crippen LogP contribution in [-0.4, -0.2) is 39.4 Å². The predicted molar refractivity (Wildman–Crippen MR) is 135 cm³/mol. The van der Waals surface area contributed by atoms with E-state index in [1.54, 1.807) is 30.6 Å². The van der Waals surface area contributed by atoms with E-state index in [0.29, 0.717) is 29.9 Å². The van der Waals surface area contributed by atoms with E-state index in [9.17, 15) is 14.7 Å². The lowest BCUT2D eigenvalue weighted by molar-refractivity contribution is -0.140. The molecular formula is C29H28N2O5. The summed E-state index contributed by atoms with van der Waals surface area (Å²) < 4.78 is 11.6. The molecule has 2 atom stereocenters. The van der Waals surface area contributed by atoms with Gasteiger partial charge in [-0.3, -0.25) is 14.6 Å². The van der Waals surface area contributed by atoms with Crippen molar-refractivity contribution >= 4 is 17.4 Å². The van der Waals surface area contributed by atoms with Crippen LogP contribution >= 0.6 is 0 Å². The van der Waals surface area contributed by atoms with Gasteiger partial charge in [-0.05, 0) is 66.4 Å². The SMILES string of the molecule is CCCOc1cccc([C@H]2C(=C(O)c3ccc4c(c3)C[C@H](C)O4)C(=O)C(=O)N2Cc2cccnc2)c1. The third-order valence-electron chi connectivity index (χ3n) is 6.43. The summed E-state index contributed by atoms with van der Waals surface area (Å²) in [6, 6.07) is 15.6. The van der Waals surface area contributed by atoms with Crippen molar-refractivity contribution in [1.29, 1.82) is 0 Å². The molecule has 0 radical (unpaired) electrons. The Morgan fingerprint density at radius 3 is 2.81 bits per heavy atom. The highest BCUT2D eigenvalue weighted by molar-refractivity contribution is 6.46. The van der Waals surface area contributed by atoms with E-state index in [-0.39, 0.29) is 24.0 Å². The Hall–Kier alpha value is -4.13. The number of hydrogen-bond donors (Lipinski definition) is 1. The molecule has 0 bridgehead atoms. The van der Waals surface area contributed by atoms with E-state index in [2.05, 4.69) is 4.98 Å². The maximum atomic E-state index is 13.4. The molecule has 1 amide bonds. The van der Waals surface area contributed by atoms with Crippen LogP contribution in [-0.2, 0) is 22.6 Å². The molecule has 7 heteroatoms. The largest absolute Gasteiger partial charge is 0.507 e. The van der Waals surface area contributed by atoms with Crippen molar-refractivity contribution in [3.8, 4) is 11.5 Å². The van der Waals surface area contributed by atoms with Crippen molar-refractivity contribution in [1.82, 2.24) is 9.88 Å². The van der Waals surface area contributed by atoms with Crippen LogP contribution in [0.3, 0.4) is 0 Å². The average molecular weight is 485 g/mol. The van der Waals surface area contributed by atoms with Gasteiger partial charge in [0.15, 0.2) is 0 Å². The molecular weight excluding hydrogens is 456 g/mol. The van der Waals surface area contributed by atoms with Gasteiger partial charge in [-0.15, -0.1) is 0 Å². The van der Waals surface area contributed by atoms with Crippen LogP contribution in [0.5, 0.6) is 11.5 Å². The van der Waals surface area contributed by atoms with Crippen LogP contribution in [0.4, 0.5) is 0 Å². The van der Waals surface area contributed by atoms with Crippen molar-refractivity contribution in [3.05, 3.63) is 94.8 Å². The first kappa shape index (κ1) is 23.6. The van der Waals surface area contributed by atoms with Gasteiger partial charge in [0.2, 0.25) is 0 Å². The highest BCUT2D eigenvalue weighted by Crippen LogP contribution is 2.42. The number of Topliss-reactive ketones (excluding diaryl/α,β-unsaturated/α-hetero) is 1. The molecule has 0 unspecified atom stereocenters. The van der Waals surface area contributed by atoms with Crippen molar-refractivity contribution < 1.29 is 24.2 Å². The second-order valence-corrected chi connectivity index (χ2v) is 9.16. The highest BCUT2D eigenvalue weighted by Gasteiger charge is 2.46. The summed E-state index contributed by atoms with van der Waals surface area (Å²) in [5.74, 6) is -0.164. The molecule has 1 fully saturated rings. The summed E-state index contributed by atoms with van der Waals surface area (Å²) in [5, 5.41) is 11.4. The smallest absolute Gasteiger partial charge is 0.295 e. The molecule has 0 saturated carbocycles. The molecule has 2 aliphatic heterocycles. The van der Waals surface area contributed by atoms with E-state index in [1.807, 2.05) is 50.2 Å². The summed E-state index contributed by atoms with van der Waals surface area (Å²) in [7, 11) is 0. The monoisotopic (exact) mass is 484 g/mol. The van der Waals surface area contributed by atoms with Gasteiger partial charge >= 0.3 is 0 Å². The van der Waals surface area contributed by atoms with Crippen LogP contribution in [0.1, 0.15) is 48.6 Å². The Labute approximate surface area is 210 Å². The van der Waals surface area contributed by atoms with Gasteiger partial charge in [-0.25, -0.2) is 0 Å². The number of aliphatic hydroxyl groups is 1. The summed E-state index contributed by atoms with van der Waals surface area (Å²) >= 11 is 0. The number of benzene rings is 2. The lowest BCUT2D eigenvalue weighted by Crippen LogP contribution is -2.29. The van der Waals surface area contributed by atoms with Crippen LogP contribution in [0, 0.1) is 0 Å². The van der Waals surface area contributed by atoms with Gasteiger partial charge in [0.1, 0.15) is 23.4 Å². The van der Waals surface area contributed by atoms with E-state index >= 15 is 0 Å². The summed E-state index contributed by atoms with van der Waals surface area (Å²) in [4.78, 5) is 32.3. The molecule has 5 rings (SSSR count). The van der Waals surface area contributed by atoms with Crippen molar-refractivity contribution in [2.75, 3.05) is 6.61 Å². The van der Waals surface area contributed by atoms with Gasteiger partial charge in [0.05, 0.1) is 18.2 Å². The minimum Gasteiger partial charge on any atom is -0.507 e. The molecule has 0 spiro atoms. The van der Waals surface area contributed by atoms with Gasteiger partial charge in [-0.1, -0.05) is 25.1 Å². The number of likely N-dealkylation sites (tertiary alicyclic amines) is 1. The summed E-state index contributed by atoms with van der Waals surface area (Å²) in [5.41, 5.74) is 2.97. The standard InChI is InChI=1S/C29H28N2O5/c1-3-12-35-23-8-4-7-20(15-23)26-25(27(32)21-9-10-24-22(14-21)13-18(2)36-24)28(33)29(34)31(26)17-19-6-5-11-30-16-19/h4-11,14-16,18,26,32H,3,12-13,17H2,1-2H3/t18-,26-/m0/s1. The molecule has 1 aromatic heterocycles. The first-order chi connectivity index (χ1) is 17.5. The zero-order valence-electron chi connectivity index (χ0n) is 20.3. The number of amides is 1. The van der Waals surface area contributed by atoms with E-state index in [4.69, 9.17) is 9.47 Å². The number of aliphatic hydroxyl groups excluding tert-OH is 1. The van der Waals surface area contributed by atoms with E-state index in [1.165, 1.54) is 4.90 Å². The number of ketones is 1. The molecule has 184 valence electrons. The molecule has 2 aromatic carbocycles. The Bertz CT molecular complexity index is 1330. The zero-order valence-corrected chi connectivity index (χ0v) is 20.3. The number of carbonyl (C=O) groups excluding carboxylic acids is 2. The number of carbonyl (C=O) groups is 2. The second kappa shape index (κ2) is 9.85. The maximum Gasteiger partial charge on any atom is 0.295 e. The summed E-state index contributed by atoms with van der Waals surface area (Å²) in [6.07, 6.45) is 4.94. The van der Waals surface area contributed by atoms with Crippen LogP contribution in [0.2, 0.25) is 0 Å². The fraction of sp³-hybridized carbons (Fsp3) is 0.276. The van der Waals surface area contributed by atoms with Gasteiger partial charge < -0.3 is 19.5 Å². The normalized spacial score (nSPS) is 20.3. The fourth-order valence-corrected chi connectivity index (χ4v) is 4.80. The minimum atomic E-state index is -0.779. The highest BCUT2D eigenvalue weighted by atomic mass is 16.5. The number of nitrogens with zero attached hydrogens (tertiary/aromatic N) is 2. The Kier molecular flexibility index (Phi) is 6.46. The maximum absolute atomic E-state index is 13.4. The number of fused-ring (bicyclic) bond motifs is 1. The molecule has 1 N–H and O–H groups in total. The zero-order chi connectivity index (χ0) is 25.2. The third kappa shape index (κ3) is 4.44. The topological polar surface area (TPSA) is 89.0 Å². The number of hydrogen-bond acceptors (Lipinski definition) is 6. The number of rotatable bonds is 7. The minimum absolute atomic E-state index is 0.0494. The second-order valence-electron chi connectivity index (χ2n) is 9.16. The fourth-order valence-electron chi connectivity index (χ4n) is 4.80. The van der Waals surface area contributed by atoms with E-state index in [0.717, 1.165) is 23.3 Å². The molecule has 1 saturated heterocycles. The van der Waals surface area contributed by atoms with Crippen LogP contribution in [0.25, 0.3) is 5.76 Å². The Morgan fingerprint density at radius 1 is 1.17 bits per heavy atom. The Balaban J connectivity index is 1.61.